The van der Waals surface area contributed by atoms with Gasteiger partial charge in [-0.05, 0) is 45.5 Å². The van der Waals surface area contributed by atoms with E-state index in [1.807, 2.05) is 45.0 Å². The van der Waals surface area contributed by atoms with Gasteiger partial charge in [0.15, 0.2) is 5.13 Å². The minimum absolute atomic E-state index is 0.00606. The van der Waals surface area contributed by atoms with Crippen molar-refractivity contribution >= 4 is 28.3 Å². The van der Waals surface area contributed by atoms with Gasteiger partial charge in [-0.3, -0.25) is 9.59 Å². The number of benzene rings is 1. The Labute approximate surface area is 171 Å². The zero-order valence-corrected chi connectivity index (χ0v) is 18.2. The van der Waals surface area contributed by atoms with Crippen molar-refractivity contribution in [2.24, 2.45) is 0 Å². The lowest BCUT2D eigenvalue weighted by Crippen LogP contribution is -2.43. The van der Waals surface area contributed by atoms with Crippen LogP contribution in [0.25, 0.3) is 0 Å². The van der Waals surface area contributed by atoms with Gasteiger partial charge in [0.1, 0.15) is 6.54 Å². The van der Waals surface area contributed by atoms with Gasteiger partial charge in [-0.1, -0.05) is 32.0 Å². The smallest absolute Gasteiger partial charge is 0.254 e. The van der Waals surface area contributed by atoms with Gasteiger partial charge in [0.05, 0.1) is 5.69 Å². The molecule has 0 atom stereocenters. The summed E-state index contributed by atoms with van der Waals surface area (Å²) in [6.45, 7) is 13.0. The van der Waals surface area contributed by atoms with Crippen LogP contribution in [0.5, 0.6) is 0 Å². The molecule has 0 aliphatic rings. The molecule has 0 saturated carbocycles. The molecule has 0 aliphatic heterocycles. The lowest BCUT2D eigenvalue weighted by atomic mass is 10.1. The number of likely N-dealkylation sites (N-methyl/N-ethyl adjacent to an activating group) is 1. The van der Waals surface area contributed by atoms with E-state index in [0.29, 0.717) is 17.2 Å². The van der Waals surface area contributed by atoms with E-state index in [0.717, 1.165) is 35.8 Å². The van der Waals surface area contributed by atoms with E-state index < -0.39 is 0 Å². The average Bonchev–Trinajstić information content (AvgIpc) is 2.98. The number of nitrogens with zero attached hydrogens (tertiary/aromatic N) is 3. The number of anilines is 1. The third-order valence-electron chi connectivity index (χ3n) is 4.85. The third kappa shape index (κ3) is 5.87. The number of carbonyl (C=O) groups is 2. The van der Waals surface area contributed by atoms with E-state index in [4.69, 9.17) is 0 Å². The third-order valence-corrected chi connectivity index (χ3v) is 5.84. The monoisotopic (exact) mass is 402 g/mol. The van der Waals surface area contributed by atoms with Gasteiger partial charge in [-0.2, -0.15) is 0 Å². The zero-order chi connectivity index (χ0) is 20.7. The van der Waals surface area contributed by atoms with Crippen molar-refractivity contribution in [3.8, 4) is 0 Å². The van der Waals surface area contributed by atoms with E-state index in [1.165, 1.54) is 11.3 Å². The quantitative estimate of drug-likeness (QED) is 0.697. The molecule has 0 radical (unpaired) electrons. The van der Waals surface area contributed by atoms with Crippen molar-refractivity contribution in [3.05, 3.63) is 46.0 Å². The molecule has 2 rings (SSSR count). The number of nitrogens with one attached hydrogen (secondary N) is 1. The number of aryl methyl sites for hydroxylation is 3. The highest BCUT2D eigenvalue weighted by Crippen LogP contribution is 2.21. The van der Waals surface area contributed by atoms with Crippen LogP contribution in [-0.4, -0.2) is 59.3 Å². The Morgan fingerprint density at radius 3 is 2.32 bits per heavy atom. The summed E-state index contributed by atoms with van der Waals surface area (Å²) in [6, 6.07) is 7.49. The zero-order valence-electron chi connectivity index (χ0n) is 17.4. The second kappa shape index (κ2) is 10.3. The normalized spacial score (nSPS) is 10.9. The summed E-state index contributed by atoms with van der Waals surface area (Å²) >= 11 is 1.45. The first-order valence-electron chi connectivity index (χ1n) is 9.66. The van der Waals surface area contributed by atoms with E-state index in [-0.39, 0.29) is 18.4 Å². The highest BCUT2D eigenvalue weighted by Gasteiger charge is 2.21. The van der Waals surface area contributed by atoms with Gasteiger partial charge in [-0.25, -0.2) is 4.98 Å². The lowest BCUT2D eigenvalue weighted by molar-refractivity contribution is -0.116. The first kappa shape index (κ1) is 22.0. The molecule has 0 bridgehead atoms. The molecule has 2 aromatic rings. The van der Waals surface area contributed by atoms with Crippen molar-refractivity contribution in [3.63, 3.8) is 0 Å². The van der Waals surface area contributed by atoms with Crippen LogP contribution in [0.1, 0.15) is 40.3 Å². The molecule has 2 amide bonds. The van der Waals surface area contributed by atoms with Gasteiger partial charge >= 0.3 is 0 Å². The summed E-state index contributed by atoms with van der Waals surface area (Å²) < 4.78 is 0. The molecule has 1 heterocycles. The molecule has 7 heteroatoms. The maximum Gasteiger partial charge on any atom is 0.254 e. The Kier molecular flexibility index (Phi) is 8.14. The minimum atomic E-state index is -0.227. The molecular formula is C21H30N4O2S. The SMILES string of the molecule is CCN(CC)CCN(CC(=O)Nc1nc(C)c(C)s1)C(=O)c1ccccc1C. The van der Waals surface area contributed by atoms with Crippen molar-refractivity contribution in [2.75, 3.05) is 38.0 Å². The van der Waals surface area contributed by atoms with Crippen molar-refractivity contribution in [2.45, 2.75) is 34.6 Å². The predicted octanol–water partition coefficient (Wildman–Crippen LogP) is 3.49. The summed E-state index contributed by atoms with van der Waals surface area (Å²) in [5, 5.41) is 3.41. The van der Waals surface area contributed by atoms with Gasteiger partial charge in [0.2, 0.25) is 5.91 Å². The van der Waals surface area contributed by atoms with Crippen LogP contribution in [0.3, 0.4) is 0 Å². The van der Waals surface area contributed by atoms with E-state index in [1.54, 1.807) is 4.90 Å². The second-order valence-corrected chi connectivity index (χ2v) is 7.98. The van der Waals surface area contributed by atoms with Crippen LogP contribution < -0.4 is 5.32 Å². The fourth-order valence-corrected chi connectivity index (χ4v) is 3.73. The molecule has 0 aliphatic carbocycles. The molecule has 1 N–H and O–H groups in total. The molecule has 0 unspecified atom stereocenters. The summed E-state index contributed by atoms with van der Waals surface area (Å²) in [5.74, 6) is -0.345. The summed E-state index contributed by atoms with van der Waals surface area (Å²) in [4.78, 5) is 35.0. The average molecular weight is 403 g/mol. The van der Waals surface area contributed by atoms with Crippen LogP contribution in [0.2, 0.25) is 0 Å². The largest absolute Gasteiger partial charge is 0.328 e. The van der Waals surface area contributed by atoms with Gasteiger partial charge < -0.3 is 15.1 Å². The van der Waals surface area contributed by atoms with E-state index in [2.05, 4.69) is 29.0 Å². The molecular weight excluding hydrogens is 372 g/mol. The first-order chi connectivity index (χ1) is 13.3. The molecule has 1 aromatic carbocycles. The van der Waals surface area contributed by atoms with Crippen molar-refractivity contribution in [1.29, 1.82) is 0 Å². The van der Waals surface area contributed by atoms with Gasteiger partial charge in [-0.15, -0.1) is 11.3 Å². The fraction of sp³-hybridized carbons (Fsp3) is 0.476. The molecule has 0 spiro atoms. The number of amides is 2. The maximum atomic E-state index is 13.1. The molecule has 28 heavy (non-hydrogen) atoms. The van der Waals surface area contributed by atoms with Crippen LogP contribution in [-0.2, 0) is 4.79 Å². The van der Waals surface area contributed by atoms with Crippen molar-refractivity contribution in [1.82, 2.24) is 14.8 Å². The van der Waals surface area contributed by atoms with Gasteiger partial charge in [0, 0.05) is 23.5 Å². The number of aromatic nitrogens is 1. The maximum absolute atomic E-state index is 13.1. The van der Waals surface area contributed by atoms with E-state index in [9.17, 15) is 9.59 Å². The lowest BCUT2D eigenvalue weighted by Gasteiger charge is -2.26. The predicted molar refractivity (Wildman–Crippen MR) is 115 cm³/mol. The van der Waals surface area contributed by atoms with Crippen LogP contribution in [0, 0.1) is 20.8 Å². The summed E-state index contributed by atoms with van der Waals surface area (Å²) in [7, 11) is 0. The standard InChI is InChI=1S/C21H30N4O2S/c1-6-24(7-2)12-13-25(20(27)18-11-9-8-10-15(18)3)14-19(26)23-21-22-16(4)17(5)28-21/h8-11H,6-7,12-14H2,1-5H3,(H,22,23,26). The van der Waals surface area contributed by atoms with Crippen LogP contribution in [0.4, 0.5) is 5.13 Å². The topological polar surface area (TPSA) is 65.5 Å². The number of thiazole rings is 1. The Bertz CT molecular complexity index is 795. The van der Waals surface area contributed by atoms with Crippen molar-refractivity contribution < 1.29 is 9.59 Å². The number of rotatable bonds is 9. The highest BCUT2D eigenvalue weighted by molar-refractivity contribution is 7.15. The Hall–Kier alpha value is -2.25. The number of hydrogen-bond donors (Lipinski definition) is 1. The van der Waals surface area contributed by atoms with Gasteiger partial charge in [0.25, 0.3) is 5.91 Å². The second-order valence-electron chi connectivity index (χ2n) is 6.78. The Balaban J connectivity index is 2.13. The summed E-state index contributed by atoms with van der Waals surface area (Å²) in [5.41, 5.74) is 2.46. The molecule has 152 valence electrons. The molecule has 0 fully saturated rings. The fourth-order valence-electron chi connectivity index (χ4n) is 2.90. The molecule has 1 aromatic heterocycles. The number of carbonyl (C=O) groups excluding carboxylic acids is 2. The van der Waals surface area contributed by atoms with E-state index >= 15 is 0 Å². The molecule has 6 nitrogen and oxygen atoms in total. The highest BCUT2D eigenvalue weighted by atomic mass is 32.1. The number of hydrogen-bond acceptors (Lipinski definition) is 5. The minimum Gasteiger partial charge on any atom is -0.328 e. The molecule has 0 saturated heterocycles. The Morgan fingerprint density at radius 2 is 1.75 bits per heavy atom. The van der Waals surface area contributed by atoms with Crippen LogP contribution >= 0.6 is 11.3 Å². The first-order valence-corrected chi connectivity index (χ1v) is 10.5. The summed E-state index contributed by atoms with van der Waals surface area (Å²) in [6.07, 6.45) is 0. The van der Waals surface area contributed by atoms with Crippen LogP contribution in [0.15, 0.2) is 24.3 Å². The Morgan fingerprint density at radius 1 is 1.07 bits per heavy atom.